The van der Waals surface area contributed by atoms with Gasteiger partial charge in [0.2, 0.25) is 0 Å². The lowest BCUT2D eigenvalue weighted by atomic mass is 10.2. The summed E-state index contributed by atoms with van der Waals surface area (Å²) in [4.78, 5) is 24.9. The molecule has 130 valence electrons. The summed E-state index contributed by atoms with van der Waals surface area (Å²) in [7, 11) is 0. The van der Waals surface area contributed by atoms with E-state index in [4.69, 9.17) is 14.7 Å². The molecule has 0 bridgehead atoms. The molecule has 0 unspecified atom stereocenters. The van der Waals surface area contributed by atoms with Crippen LogP contribution in [0.25, 0.3) is 0 Å². The molecule has 1 aromatic rings. The van der Waals surface area contributed by atoms with Crippen molar-refractivity contribution in [3.63, 3.8) is 0 Å². The Hall–Kier alpha value is -2.59. The Bertz CT molecular complexity index is 546. The molecule has 1 rings (SSSR count). The van der Waals surface area contributed by atoms with E-state index in [2.05, 4.69) is 11.4 Å². The SMILES string of the molecule is CCOC(=O)CN(CCNc1ccc(C#N)cc1)CC(=O)OCC. The zero-order chi connectivity index (χ0) is 17.8. The number of anilines is 1. The average molecular weight is 333 g/mol. The lowest BCUT2D eigenvalue weighted by Gasteiger charge is -2.20. The molecular weight excluding hydrogens is 310 g/mol. The van der Waals surface area contributed by atoms with Gasteiger partial charge in [-0.05, 0) is 38.1 Å². The van der Waals surface area contributed by atoms with Crippen molar-refractivity contribution in [3.05, 3.63) is 29.8 Å². The highest BCUT2D eigenvalue weighted by molar-refractivity contribution is 5.75. The van der Waals surface area contributed by atoms with E-state index in [1.165, 1.54) is 0 Å². The molecule has 0 aliphatic carbocycles. The van der Waals surface area contributed by atoms with Gasteiger partial charge in [-0.15, -0.1) is 0 Å². The van der Waals surface area contributed by atoms with E-state index in [9.17, 15) is 9.59 Å². The maximum atomic E-state index is 11.6. The fourth-order valence-corrected chi connectivity index (χ4v) is 2.01. The number of esters is 2. The highest BCUT2D eigenvalue weighted by Crippen LogP contribution is 2.08. The normalized spacial score (nSPS) is 10.1. The first kappa shape index (κ1) is 19.5. The molecule has 0 radical (unpaired) electrons. The lowest BCUT2D eigenvalue weighted by Crippen LogP contribution is -2.39. The number of nitriles is 1. The smallest absolute Gasteiger partial charge is 0.320 e. The summed E-state index contributed by atoms with van der Waals surface area (Å²) < 4.78 is 9.84. The topological polar surface area (TPSA) is 91.7 Å². The van der Waals surface area contributed by atoms with Crippen LogP contribution in [0, 0.1) is 11.3 Å². The van der Waals surface area contributed by atoms with Crippen LogP contribution in [0.4, 0.5) is 5.69 Å². The van der Waals surface area contributed by atoms with Crippen molar-refractivity contribution < 1.29 is 19.1 Å². The van der Waals surface area contributed by atoms with Crippen molar-refractivity contribution in [2.75, 3.05) is 44.7 Å². The molecule has 0 fully saturated rings. The summed E-state index contributed by atoms with van der Waals surface area (Å²) >= 11 is 0. The van der Waals surface area contributed by atoms with Crippen LogP contribution < -0.4 is 5.32 Å². The minimum absolute atomic E-state index is 0.0295. The first-order valence-corrected chi connectivity index (χ1v) is 7.86. The van der Waals surface area contributed by atoms with Gasteiger partial charge in [-0.2, -0.15) is 5.26 Å². The summed E-state index contributed by atoms with van der Waals surface area (Å²) in [5, 5.41) is 11.9. The van der Waals surface area contributed by atoms with Gasteiger partial charge in [-0.1, -0.05) is 0 Å². The van der Waals surface area contributed by atoms with E-state index in [0.717, 1.165) is 5.69 Å². The number of rotatable bonds is 10. The van der Waals surface area contributed by atoms with Crippen LogP contribution in [0.3, 0.4) is 0 Å². The standard InChI is InChI=1S/C17H23N3O4/c1-3-23-16(21)12-20(13-17(22)24-4-2)10-9-19-15-7-5-14(11-18)6-8-15/h5-8,19H,3-4,9-10,12-13H2,1-2H3. The Labute approximate surface area is 142 Å². The van der Waals surface area contributed by atoms with Gasteiger partial charge in [0.25, 0.3) is 0 Å². The zero-order valence-corrected chi connectivity index (χ0v) is 14.1. The molecule has 0 amide bonds. The maximum absolute atomic E-state index is 11.6. The molecule has 0 heterocycles. The quantitative estimate of drug-likeness (QED) is 0.647. The number of benzene rings is 1. The Morgan fingerprint density at radius 2 is 1.62 bits per heavy atom. The molecule has 0 spiro atoms. The predicted molar refractivity (Wildman–Crippen MR) is 89.4 cm³/mol. The van der Waals surface area contributed by atoms with Gasteiger partial charge >= 0.3 is 11.9 Å². The van der Waals surface area contributed by atoms with E-state index >= 15 is 0 Å². The van der Waals surface area contributed by atoms with Crippen LogP contribution >= 0.6 is 0 Å². The summed E-state index contributed by atoms with van der Waals surface area (Å²) in [6, 6.07) is 9.11. The fourth-order valence-electron chi connectivity index (χ4n) is 2.01. The molecule has 0 atom stereocenters. The minimum atomic E-state index is -0.375. The second-order valence-electron chi connectivity index (χ2n) is 4.94. The van der Waals surface area contributed by atoms with E-state index in [1.807, 2.05) is 0 Å². The van der Waals surface area contributed by atoms with Crippen LogP contribution in [0.15, 0.2) is 24.3 Å². The van der Waals surface area contributed by atoms with Crippen molar-refractivity contribution in [1.29, 1.82) is 5.26 Å². The van der Waals surface area contributed by atoms with Gasteiger partial charge in [-0.3, -0.25) is 14.5 Å². The maximum Gasteiger partial charge on any atom is 0.320 e. The van der Waals surface area contributed by atoms with Gasteiger partial charge in [0.15, 0.2) is 0 Å². The Balaban J connectivity index is 2.51. The Kier molecular flexibility index (Phi) is 8.94. The molecule has 24 heavy (non-hydrogen) atoms. The third kappa shape index (κ3) is 7.61. The zero-order valence-electron chi connectivity index (χ0n) is 14.1. The number of hydrogen-bond acceptors (Lipinski definition) is 7. The number of carbonyl (C=O) groups is 2. The number of carbonyl (C=O) groups excluding carboxylic acids is 2. The lowest BCUT2D eigenvalue weighted by molar-refractivity contribution is -0.148. The van der Waals surface area contributed by atoms with Gasteiger partial charge < -0.3 is 14.8 Å². The van der Waals surface area contributed by atoms with Gasteiger partial charge in [-0.25, -0.2) is 0 Å². The Morgan fingerprint density at radius 1 is 1.08 bits per heavy atom. The monoisotopic (exact) mass is 333 g/mol. The Morgan fingerprint density at radius 3 is 2.08 bits per heavy atom. The second-order valence-corrected chi connectivity index (χ2v) is 4.94. The molecule has 0 aliphatic heterocycles. The molecule has 7 heteroatoms. The van der Waals surface area contributed by atoms with Gasteiger partial charge in [0.05, 0.1) is 37.9 Å². The largest absolute Gasteiger partial charge is 0.465 e. The summed E-state index contributed by atoms with van der Waals surface area (Å²) in [5.74, 6) is -0.750. The molecule has 0 saturated heterocycles. The van der Waals surface area contributed by atoms with E-state index in [-0.39, 0.29) is 25.0 Å². The number of nitrogens with one attached hydrogen (secondary N) is 1. The van der Waals surface area contributed by atoms with Crippen LogP contribution in [0.5, 0.6) is 0 Å². The first-order valence-electron chi connectivity index (χ1n) is 7.86. The van der Waals surface area contributed by atoms with Gasteiger partial charge in [0, 0.05) is 18.8 Å². The van der Waals surface area contributed by atoms with E-state index < -0.39 is 0 Å². The van der Waals surface area contributed by atoms with E-state index in [0.29, 0.717) is 31.9 Å². The summed E-state index contributed by atoms with van der Waals surface area (Å²) in [6.07, 6.45) is 0. The van der Waals surface area contributed by atoms with Crippen molar-refractivity contribution >= 4 is 17.6 Å². The summed E-state index contributed by atoms with van der Waals surface area (Å²) in [5.41, 5.74) is 1.45. The fraction of sp³-hybridized carbons (Fsp3) is 0.471. The van der Waals surface area contributed by atoms with Gasteiger partial charge in [0.1, 0.15) is 0 Å². The van der Waals surface area contributed by atoms with E-state index in [1.54, 1.807) is 43.0 Å². The first-order chi connectivity index (χ1) is 11.6. The third-order valence-electron chi connectivity index (χ3n) is 3.09. The van der Waals surface area contributed by atoms with Crippen LogP contribution in [-0.4, -0.2) is 56.2 Å². The predicted octanol–water partition coefficient (Wildman–Crippen LogP) is 1.40. The number of nitrogens with zero attached hydrogens (tertiary/aromatic N) is 2. The van der Waals surface area contributed by atoms with Crippen molar-refractivity contribution in [3.8, 4) is 6.07 Å². The molecule has 0 aliphatic rings. The molecule has 1 aromatic carbocycles. The molecule has 0 aromatic heterocycles. The molecule has 0 saturated carbocycles. The number of hydrogen-bond donors (Lipinski definition) is 1. The highest BCUT2D eigenvalue weighted by Gasteiger charge is 2.15. The second kappa shape index (κ2) is 11.0. The highest BCUT2D eigenvalue weighted by atomic mass is 16.5. The van der Waals surface area contributed by atoms with Crippen LogP contribution in [0.2, 0.25) is 0 Å². The number of ether oxygens (including phenoxy) is 2. The van der Waals surface area contributed by atoms with Crippen LogP contribution in [0.1, 0.15) is 19.4 Å². The third-order valence-corrected chi connectivity index (χ3v) is 3.09. The average Bonchev–Trinajstić information content (AvgIpc) is 2.55. The van der Waals surface area contributed by atoms with Crippen molar-refractivity contribution in [2.45, 2.75) is 13.8 Å². The van der Waals surface area contributed by atoms with Crippen molar-refractivity contribution in [2.24, 2.45) is 0 Å². The minimum Gasteiger partial charge on any atom is -0.465 e. The van der Waals surface area contributed by atoms with Crippen LogP contribution in [-0.2, 0) is 19.1 Å². The molecule has 7 nitrogen and oxygen atoms in total. The molecule has 1 N–H and O–H groups in total. The van der Waals surface area contributed by atoms with Crippen molar-refractivity contribution in [1.82, 2.24) is 4.90 Å². The summed E-state index contributed by atoms with van der Waals surface area (Å²) in [6.45, 7) is 5.14. The molecular formula is C17H23N3O4.